The van der Waals surface area contributed by atoms with Crippen molar-refractivity contribution in [3.05, 3.63) is 18.1 Å². The fourth-order valence-corrected chi connectivity index (χ4v) is 2.58. The molecule has 0 radical (unpaired) electrons. The van der Waals surface area contributed by atoms with E-state index in [1.54, 1.807) is 0 Å². The van der Waals surface area contributed by atoms with Gasteiger partial charge in [0.15, 0.2) is 0 Å². The van der Waals surface area contributed by atoms with Crippen LogP contribution in [0.5, 0.6) is 0 Å². The molecule has 1 heterocycles. The second-order valence-electron chi connectivity index (χ2n) is 6.17. The molecule has 1 N–H and O–H groups in total. The van der Waals surface area contributed by atoms with Crippen molar-refractivity contribution in [1.82, 2.24) is 9.97 Å². The molecule has 100 valence electrons. The fourth-order valence-electron chi connectivity index (χ4n) is 2.58. The van der Waals surface area contributed by atoms with Crippen molar-refractivity contribution in [3.8, 4) is 0 Å². The van der Waals surface area contributed by atoms with E-state index in [2.05, 4.69) is 36.1 Å². The highest BCUT2D eigenvalue weighted by molar-refractivity contribution is 5.33. The Labute approximate surface area is 110 Å². The van der Waals surface area contributed by atoms with E-state index in [1.807, 2.05) is 12.3 Å². The number of anilines is 1. The van der Waals surface area contributed by atoms with Gasteiger partial charge in [0.25, 0.3) is 0 Å². The molecule has 18 heavy (non-hydrogen) atoms. The molecule has 0 aliphatic heterocycles. The molecule has 1 aliphatic rings. The second-order valence-corrected chi connectivity index (χ2v) is 6.17. The highest BCUT2D eigenvalue weighted by atomic mass is 15.0. The molecule has 0 spiro atoms. The van der Waals surface area contributed by atoms with Crippen molar-refractivity contribution in [1.29, 1.82) is 0 Å². The Morgan fingerprint density at radius 3 is 2.72 bits per heavy atom. The van der Waals surface area contributed by atoms with E-state index in [1.165, 1.54) is 25.7 Å². The van der Waals surface area contributed by atoms with Crippen LogP contribution in [0.15, 0.2) is 12.3 Å². The summed E-state index contributed by atoms with van der Waals surface area (Å²) in [4.78, 5) is 9.13. The molecule has 0 aromatic carbocycles. The van der Waals surface area contributed by atoms with Crippen LogP contribution in [-0.4, -0.2) is 16.5 Å². The lowest BCUT2D eigenvalue weighted by molar-refractivity contribution is 0.221. The Kier molecular flexibility index (Phi) is 4.20. The molecule has 1 aromatic heterocycles. The first-order valence-electron chi connectivity index (χ1n) is 7.17. The van der Waals surface area contributed by atoms with Crippen molar-refractivity contribution < 1.29 is 0 Å². The van der Waals surface area contributed by atoms with Crippen LogP contribution in [0.4, 0.5) is 5.82 Å². The van der Waals surface area contributed by atoms with Gasteiger partial charge in [-0.2, -0.15) is 0 Å². The minimum atomic E-state index is 0.509. The molecule has 0 saturated heterocycles. The van der Waals surface area contributed by atoms with Crippen LogP contribution in [0.2, 0.25) is 0 Å². The summed E-state index contributed by atoms with van der Waals surface area (Å²) < 4.78 is 0. The predicted molar refractivity (Wildman–Crippen MR) is 75.8 cm³/mol. The topological polar surface area (TPSA) is 37.8 Å². The summed E-state index contributed by atoms with van der Waals surface area (Å²) in [5.41, 5.74) is 0.509. The third kappa shape index (κ3) is 3.44. The van der Waals surface area contributed by atoms with E-state index in [-0.39, 0.29) is 0 Å². The van der Waals surface area contributed by atoms with Crippen molar-refractivity contribution in [3.63, 3.8) is 0 Å². The standard InChI is InChI=1S/C15H25N3/c1-4-10-16-13-7-11-17-14(18-13)12-5-8-15(2,3)9-6-12/h7,11-12H,4-6,8-10H2,1-3H3,(H,16,17,18). The molecular formula is C15H25N3. The molecule has 1 saturated carbocycles. The largest absolute Gasteiger partial charge is 0.370 e. The smallest absolute Gasteiger partial charge is 0.133 e. The van der Waals surface area contributed by atoms with E-state index in [9.17, 15) is 0 Å². The quantitative estimate of drug-likeness (QED) is 0.874. The third-order valence-corrected chi connectivity index (χ3v) is 3.93. The second kappa shape index (κ2) is 5.68. The van der Waals surface area contributed by atoms with E-state index >= 15 is 0 Å². The first-order valence-corrected chi connectivity index (χ1v) is 7.17. The molecule has 1 aliphatic carbocycles. The number of hydrogen-bond donors (Lipinski definition) is 1. The Morgan fingerprint density at radius 1 is 1.33 bits per heavy atom. The van der Waals surface area contributed by atoms with E-state index in [0.29, 0.717) is 11.3 Å². The first kappa shape index (κ1) is 13.3. The maximum atomic E-state index is 4.66. The minimum Gasteiger partial charge on any atom is -0.370 e. The van der Waals surface area contributed by atoms with Crippen LogP contribution >= 0.6 is 0 Å². The SMILES string of the molecule is CCCNc1ccnc(C2CCC(C)(C)CC2)n1. The van der Waals surface area contributed by atoms with Crippen LogP contribution in [0.1, 0.15) is 64.6 Å². The molecule has 2 rings (SSSR count). The molecule has 0 amide bonds. The molecule has 1 fully saturated rings. The third-order valence-electron chi connectivity index (χ3n) is 3.93. The summed E-state index contributed by atoms with van der Waals surface area (Å²) in [6.45, 7) is 7.87. The first-order chi connectivity index (χ1) is 8.61. The Hall–Kier alpha value is -1.12. The van der Waals surface area contributed by atoms with E-state index < -0.39 is 0 Å². The maximum absolute atomic E-state index is 4.66. The fraction of sp³-hybridized carbons (Fsp3) is 0.733. The van der Waals surface area contributed by atoms with Crippen LogP contribution in [0.25, 0.3) is 0 Å². The van der Waals surface area contributed by atoms with Crippen LogP contribution < -0.4 is 5.32 Å². The van der Waals surface area contributed by atoms with Crippen molar-refractivity contribution in [2.45, 2.75) is 58.8 Å². The van der Waals surface area contributed by atoms with Gasteiger partial charge in [0.05, 0.1) is 0 Å². The lowest BCUT2D eigenvalue weighted by Crippen LogP contribution is -2.21. The molecule has 3 heteroatoms. The average Bonchev–Trinajstić information content (AvgIpc) is 2.37. The van der Waals surface area contributed by atoms with Crippen molar-refractivity contribution >= 4 is 5.82 Å². The van der Waals surface area contributed by atoms with Crippen LogP contribution in [0, 0.1) is 5.41 Å². The van der Waals surface area contributed by atoms with E-state index in [0.717, 1.165) is 24.6 Å². The van der Waals surface area contributed by atoms with E-state index in [4.69, 9.17) is 0 Å². The van der Waals surface area contributed by atoms with Gasteiger partial charge in [0.1, 0.15) is 11.6 Å². The zero-order chi connectivity index (χ0) is 13.0. The van der Waals surface area contributed by atoms with Gasteiger partial charge < -0.3 is 5.32 Å². The van der Waals surface area contributed by atoms with Gasteiger partial charge in [-0.1, -0.05) is 20.8 Å². The van der Waals surface area contributed by atoms with Gasteiger partial charge in [-0.15, -0.1) is 0 Å². The number of aromatic nitrogens is 2. The molecular weight excluding hydrogens is 222 g/mol. The Balaban J connectivity index is 2.00. The summed E-state index contributed by atoms with van der Waals surface area (Å²) in [6, 6.07) is 1.96. The Bertz CT molecular complexity index is 377. The van der Waals surface area contributed by atoms with Gasteiger partial charge in [-0.25, -0.2) is 9.97 Å². The van der Waals surface area contributed by atoms with Crippen LogP contribution in [-0.2, 0) is 0 Å². The summed E-state index contributed by atoms with van der Waals surface area (Å²) in [7, 11) is 0. The average molecular weight is 247 g/mol. The summed E-state index contributed by atoms with van der Waals surface area (Å²) in [5, 5.41) is 3.34. The highest BCUT2D eigenvalue weighted by Crippen LogP contribution is 2.41. The number of rotatable bonds is 4. The number of nitrogens with one attached hydrogen (secondary N) is 1. The maximum Gasteiger partial charge on any atom is 0.133 e. The van der Waals surface area contributed by atoms with Gasteiger partial charge in [-0.05, 0) is 43.6 Å². The van der Waals surface area contributed by atoms with Gasteiger partial charge in [0, 0.05) is 18.7 Å². The number of nitrogens with zero attached hydrogens (tertiary/aromatic N) is 2. The summed E-state index contributed by atoms with van der Waals surface area (Å²) in [5.74, 6) is 2.57. The molecule has 3 nitrogen and oxygen atoms in total. The van der Waals surface area contributed by atoms with Crippen molar-refractivity contribution in [2.75, 3.05) is 11.9 Å². The zero-order valence-electron chi connectivity index (χ0n) is 11.9. The summed E-state index contributed by atoms with van der Waals surface area (Å²) in [6.07, 6.45) is 8.03. The lowest BCUT2D eigenvalue weighted by Gasteiger charge is -2.33. The minimum absolute atomic E-state index is 0.509. The van der Waals surface area contributed by atoms with Gasteiger partial charge in [0.2, 0.25) is 0 Å². The highest BCUT2D eigenvalue weighted by Gasteiger charge is 2.28. The molecule has 0 unspecified atom stereocenters. The summed E-state index contributed by atoms with van der Waals surface area (Å²) >= 11 is 0. The lowest BCUT2D eigenvalue weighted by atomic mass is 9.73. The molecule has 0 bridgehead atoms. The monoisotopic (exact) mass is 247 g/mol. The number of hydrogen-bond acceptors (Lipinski definition) is 3. The molecule has 1 aromatic rings. The predicted octanol–water partition coefficient (Wildman–Crippen LogP) is 3.98. The Morgan fingerprint density at radius 2 is 2.06 bits per heavy atom. The molecule has 0 atom stereocenters. The van der Waals surface area contributed by atoms with Crippen molar-refractivity contribution in [2.24, 2.45) is 5.41 Å². The van der Waals surface area contributed by atoms with Gasteiger partial charge in [-0.3, -0.25) is 0 Å². The van der Waals surface area contributed by atoms with Gasteiger partial charge >= 0.3 is 0 Å². The van der Waals surface area contributed by atoms with Crippen LogP contribution in [0.3, 0.4) is 0 Å². The zero-order valence-corrected chi connectivity index (χ0v) is 11.9. The normalized spacial score (nSPS) is 19.7.